The minimum absolute atomic E-state index is 0.224. The number of carbonyl (C=O) groups is 1. The van der Waals surface area contributed by atoms with Gasteiger partial charge in [0.25, 0.3) is 11.7 Å². The van der Waals surface area contributed by atoms with Crippen molar-refractivity contribution in [3.63, 3.8) is 0 Å². The molecule has 3 heterocycles. The molecule has 0 aliphatic heterocycles. The standard InChI is InChI=1S/C23H19N7OS2/c1-14-12-15(2)30-21(24-14)26-23(29-30)32-13-17-10-6-7-11-18(17)19(31)25-22-28-27-20(33-22)16-8-4-3-5-9-16/h3-12H,13H2,1-2H3,(H,25,28,31). The number of hydrogen-bond donors (Lipinski definition) is 1. The molecule has 0 aliphatic rings. The van der Waals surface area contributed by atoms with Gasteiger partial charge in [0.15, 0.2) is 0 Å². The summed E-state index contributed by atoms with van der Waals surface area (Å²) in [7, 11) is 0. The molecule has 1 N–H and O–H groups in total. The minimum atomic E-state index is -0.224. The molecule has 1 amide bonds. The molecule has 0 saturated heterocycles. The molecule has 0 bridgehead atoms. The zero-order chi connectivity index (χ0) is 22.8. The van der Waals surface area contributed by atoms with Gasteiger partial charge in [-0.15, -0.1) is 15.3 Å². The lowest BCUT2D eigenvalue weighted by Gasteiger charge is -2.07. The van der Waals surface area contributed by atoms with E-state index in [0.717, 1.165) is 27.5 Å². The molecular formula is C23H19N7OS2. The normalized spacial score (nSPS) is 11.1. The summed E-state index contributed by atoms with van der Waals surface area (Å²) in [6, 6.07) is 19.2. The van der Waals surface area contributed by atoms with Crippen molar-refractivity contribution < 1.29 is 4.79 Å². The van der Waals surface area contributed by atoms with Gasteiger partial charge in [0, 0.05) is 28.3 Å². The number of rotatable bonds is 6. The Kier molecular flexibility index (Phi) is 5.84. The first-order valence-corrected chi connectivity index (χ1v) is 12.0. The van der Waals surface area contributed by atoms with Crippen LogP contribution in [-0.4, -0.2) is 35.7 Å². The van der Waals surface area contributed by atoms with E-state index in [4.69, 9.17) is 0 Å². The fourth-order valence-corrected chi connectivity index (χ4v) is 4.92. The SMILES string of the molecule is Cc1cc(C)n2nc(SCc3ccccc3C(=O)Nc3nnc(-c4ccccc4)s3)nc2n1. The van der Waals surface area contributed by atoms with E-state index in [-0.39, 0.29) is 5.91 Å². The van der Waals surface area contributed by atoms with Crippen LogP contribution in [0.2, 0.25) is 0 Å². The van der Waals surface area contributed by atoms with Crippen LogP contribution in [0.4, 0.5) is 5.13 Å². The van der Waals surface area contributed by atoms with Gasteiger partial charge in [0.1, 0.15) is 5.01 Å². The molecule has 0 saturated carbocycles. The Hall–Kier alpha value is -3.63. The van der Waals surface area contributed by atoms with Crippen LogP contribution in [-0.2, 0) is 5.75 Å². The van der Waals surface area contributed by atoms with E-state index in [2.05, 4.69) is 30.6 Å². The number of anilines is 1. The number of carbonyl (C=O) groups excluding carboxylic acids is 1. The van der Waals surface area contributed by atoms with E-state index in [1.54, 1.807) is 10.6 Å². The highest BCUT2D eigenvalue weighted by Gasteiger charge is 2.16. The smallest absolute Gasteiger partial charge is 0.257 e. The molecule has 0 fully saturated rings. The first kappa shape index (κ1) is 21.2. The molecule has 5 rings (SSSR count). The van der Waals surface area contributed by atoms with Gasteiger partial charge in [-0.25, -0.2) is 9.50 Å². The lowest BCUT2D eigenvalue weighted by atomic mass is 10.1. The van der Waals surface area contributed by atoms with Gasteiger partial charge in [-0.1, -0.05) is 71.6 Å². The Morgan fingerprint density at radius 2 is 1.82 bits per heavy atom. The maximum atomic E-state index is 13.0. The summed E-state index contributed by atoms with van der Waals surface area (Å²) in [5.41, 5.74) is 4.30. The fourth-order valence-electron chi connectivity index (χ4n) is 3.35. The van der Waals surface area contributed by atoms with Gasteiger partial charge < -0.3 is 0 Å². The highest BCUT2D eigenvalue weighted by Crippen LogP contribution is 2.27. The number of fused-ring (bicyclic) bond motifs is 1. The molecule has 0 atom stereocenters. The van der Waals surface area contributed by atoms with Crippen molar-refractivity contribution >= 4 is 39.9 Å². The monoisotopic (exact) mass is 473 g/mol. The van der Waals surface area contributed by atoms with E-state index in [9.17, 15) is 4.79 Å². The number of nitrogens with zero attached hydrogens (tertiary/aromatic N) is 6. The first-order chi connectivity index (χ1) is 16.1. The molecular weight excluding hydrogens is 454 g/mol. The van der Waals surface area contributed by atoms with Gasteiger partial charge in [-0.05, 0) is 31.5 Å². The van der Waals surface area contributed by atoms with Gasteiger partial charge in [0.2, 0.25) is 10.3 Å². The number of nitrogens with one attached hydrogen (secondary N) is 1. The maximum absolute atomic E-state index is 13.0. The summed E-state index contributed by atoms with van der Waals surface area (Å²) in [5, 5.41) is 17.5. The number of thioether (sulfide) groups is 1. The Balaban J connectivity index is 1.31. The van der Waals surface area contributed by atoms with Gasteiger partial charge >= 0.3 is 0 Å². The van der Waals surface area contributed by atoms with E-state index in [0.29, 0.717) is 27.4 Å². The third-order valence-electron chi connectivity index (χ3n) is 4.88. The van der Waals surface area contributed by atoms with Gasteiger partial charge in [-0.2, -0.15) is 4.98 Å². The van der Waals surface area contributed by atoms with E-state index in [1.807, 2.05) is 68.4 Å². The molecule has 164 valence electrons. The lowest BCUT2D eigenvalue weighted by molar-refractivity contribution is 0.102. The summed E-state index contributed by atoms with van der Waals surface area (Å²) in [5.74, 6) is 0.897. The molecule has 5 aromatic rings. The summed E-state index contributed by atoms with van der Waals surface area (Å²) < 4.78 is 1.73. The van der Waals surface area contributed by atoms with Crippen LogP contribution < -0.4 is 5.32 Å². The molecule has 0 radical (unpaired) electrons. The van der Waals surface area contributed by atoms with Crippen LogP contribution in [0, 0.1) is 13.8 Å². The van der Waals surface area contributed by atoms with Crippen molar-refractivity contribution in [2.45, 2.75) is 24.8 Å². The van der Waals surface area contributed by atoms with Crippen LogP contribution in [0.5, 0.6) is 0 Å². The van der Waals surface area contributed by atoms with E-state index in [1.165, 1.54) is 23.1 Å². The summed E-state index contributed by atoms with van der Waals surface area (Å²) in [6.07, 6.45) is 0. The largest absolute Gasteiger partial charge is 0.296 e. The van der Waals surface area contributed by atoms with E-state index >= 15 is 0 Å². The topological polar surface area (TPSA) is 98.0 Å². The summed E-state index contributed by atoms with van der Waals surface area (Å²) in [6.45, 7) is 3.91. The number of aromatic nitrogens is 6. The average Bonchev–Trinajstić information content (AvgIpc) is 3.45. The predicted molar refractivity (Wildman–Crippen MR) is 130 cm³/mol. The molecule has 33 heavy (non-hydrogen) atoms. The molecule has 0 spiro atoms. The second kappa shape index (κ2) is 9.08. The number of benzene rings is 2. The fraction of sp³-hybridized carbons (Fsp3) is 0.130. The van der Waals surface area contributed by atoms with Gasteiger partial charge in [-0.3, -0.25) is 10.1 Å². The second-order valence-electron chi connectivity index (χ2n) is 7.32. The van der Waals surface area contributed by atoms with E-state index < -0.39 is 0 Å². The van der Waals surface area contributed by atoms with Crippen LogP contribution in [0.3, 0.4) is 0 Å². The molecule has 3 aromatic heterocycles. The third kappa shape index (κ3) is 4.62. The molecule has 8 nitrogen and oxygen atoms in total. The van der Waals surface area contributed by atoms with Crippen molar-refractivity contribution in [1.29, 1.82) is 0 Å². The highest BCUT2D eigenvalue weighted by atomic mass is 32.2. The van der Waals surface area contributed by atoms with Gasteiger partial charge in [0.05, 0.1) is 0 Å². The zero-order valence-electron chi connectivity index (χ0n) is 17.9. The van der Waals surface area contributed by atoms with Crippen LogP contribution in [0.15, 0.2) is 65.8 Å². The van der Waals surface area contributed by atoms with Crippen molar-refractivity contribution in [1.82, 2.24) is 29.8 Å². The summed E-state index contributed by atoms with van der Waals surface area (Å²) >= 11 is 2.81. The Morgan fingerprint density at radius 3 is 2.67 bits per heavy atom. The second-order valence-corrected chi connectivity index (χ2v) is 9.24. The van der Waals surface area contributed by atoms with Crippen LogP contribution in [0.1, 0.15) is 27.3 Å². The molecule has 2 aromatic carbocycles. The maximum Gasteiger partial charge on any atom is 0.257 e. The summed E-state index contributed by atoms with van der Waals surface area (Å²) in [4.78, 5) is 21.9. The number of hydrogen-bond acceptors (Lipinski definition) is 8. The van der Waals surface area contributed by atoms with Crippen LogP contribution >= 0.6 is 23.1 Å². The molecule has 10 heteroatoms. The number of aryl methyl sites for hydroxylation is 2. The van der Waals surface area contributed by atoms with Crippen LogP contribution in [0.25, 0.3) is 16.3 Å². The number of amides is 1. The van der Waals surface area contributed by atoms with Crippen molar-refractivity contribution in [2.75, 3.05) is 5.32 Å². The zero-order valence-corrected chi connectivity index (χ0v) is 19.5. The average molecular weight is 474 g/mol. The Labute approximate surface area is 198 Å². The minimum Gasteiger partial charge on any atom is -0.296 e. The van der Waals surface area contributed by atoms with Crippen molar-refractivity contribution in [3.05, 3.63) is 83.2 Å². The van der Waals surface area contributed by atoms with Crippen molar-refractivity contribution in [3.8, 4) is 10.6 Å². The Bertz CT molecular complexity index is 1450. The highest BCUT2D eigenvalue weighted by molar-refractivity contribution is 7.98. The van der Waals surface area contributed by atoms with Crippen molar-refractivity contribution in [2.24, 2.45) is 0 Å². The first-order valence-electron chi connectivity index (χ1n) is 10.2. The third-order valence-corrected chi connectivity index (χ3v) is 6.66. The lowest BCUT2D eigenvalue weighted by Crippen LogP contribution is -2.13. The Morgan fingerprint density at radius 1 is 1.03 bits per heavy atom. The quantitative estimate of drug-likeness (QED) is 0.354. The molecule has 0 aliphatic carbocycles. The molecule has 0 unspecified atom stereocenters. The predicted octanol–water partition coefficient (Wildman–Crippen LogP) is 4.80.